The van der Waals surface area contributed by atoms with E-state index in [0.717, 1.165) is 13.1 Å². The minimum absolute atomic E-state index is 0.0623. The predicted molar refractivity (Wildman–Crippen MR) is 54.6 cm³/mol. The molecule has 1 aliphatic rings. The van der Waals surface area contributed by atoms with Crippen LogP contribution in [0.25, 0.3) is 0 Å². The van der Waals surface area contributed by atoms with E-state index < -0.39 is 0 Å². The zero-order valence-electron chi connectivity index (χ0n) is 8.15. The Hall–Kier alpha value is -0.740. The molecule has 0 saturated carbocycles. The Labute approximate surface area is 88.1 Å². The molecule has 1 aliphatic heterocycles. The van der Waals surface area contributed by atoms with E-state index in [9.17, 15) is 5.11 Å². The minimum Gasteiger partial charge on any atom is -0.504 e. The largest absolute Gasteiger partial charge is 0.504 e. The average Bonchev–Trinajstić information content (AvgIpc) is 2.68. The molecule has 1 atom stereocenters. The van der Waals surface area contributed by atoms with Gasteiger partial charge >= 0.3 is 0 Å². The fraction of sp³-hybridized carbons (Fsp3) is 0.667. The highest BCUT2D eigenvalue weighted by Gasteiger charge is 2.22. The number of likely N-dealkylation sites (N-methyl/N-ethyl adjacent to an activating group) is 1. The molecule has 0 spiro atoms. The molecule has 0 bridgehead atoms. The molecule has 1 saturated heterocycles. The second-order valence-corrected chi connectivity index (χ2v) is 4.14. The molecule has 1 N–H and O–H groups in total. The van der Waals surface area contributed by atoms with Crippen LogP contribution in [-0.2, 0) is 6.54 Å². The van der Waals surface area contributed by atoms with Crippen molar-refractivity contribution in [1.82, 2.24) is 14.7 Å². The molecule has 2 heterocycles. The summed E-state index contributed by atoms with van der Waals surface area (Å²) >= 11 is 5.87. The first-order valence-electron chi connectivity index (χ1n) is 4.79. The molecule has 0 aliphatic carbocycles. The first kappa shape index (κ1) is 9.80. The Kier molecular flexibility index (Phi) is 2.65. The molecule has 2 rings (SSSR count). The Morgan fingerprint density at radius 2 is 2.50 bits per heavy atom. The average molecular weight is 216 g/mol. The number of nitrogens with zero attached hydrogens (tertiary/aromatic N) is 3. The maximum atomic E-state index is 9.25. The van der Waals surface area contributed by atoms with Crippen molar-refractivity contribution in [3.8, 4) is 5.75 Å². The standard InChI is InChI=1S/C9H14ClN3O/c1-12-4-2-3-7(12)6-13-9(10)8(14)5-11-13/h5,7,14H,2-4,6H2,1H3. The first-order chi connectivity index (χ1) is 6.68. The SMILES string of the molecule is CN1CCCC1Cn1ncc(O)c1Cl. The summed E-state index contributed by atoms with van der Waals surface area (Å²) in [5, 5.41) is 13.6. The van der Waals surface area contributed by atoms with Gasteiger partial charge in [-0.15, -0.1) is 0 Å². The Morgan fingerprint density at radius 1 is 1.71 bits per heavy atom. The van der Waals surface area contributed by atoms with E-state index in [1.54, 1.807) is 4.68 Å². The van der Waals surface area contributed by atoms with Crippen LogP contribution in [0.4, 0.5) is 0 Å². The minimum atomic E-state index is 0.0623. The molecule has 1 aromatic heterocycles. The lowest BCUT2D eigenvalue weighted by Gasteiger charge is -2.19. The molecule has 1 unspecified atom stereocenters. The Morgan fingerprint density at radius 3 is 3.00 bits per heavy atom. The van der Waals surface area contributed by atoms with Gasteiger partial charge in [0.1, 0.15) is 0 Å². The number of likely N-dealkylation sites (tertiary alicyclic amines) is 1. The number of rotatable bonds is 2. The van der Waals surface area contributed by atoms with Crippen LogP contribution in [0, 0.1) is 0 Å². The van der Waals surface area contributed by atoms with Gasteiger partial charge in [0, 0.05) is 6.04 Å². The maximum absolute atomic E-state index is 9.25. The molecule has 1 aromatic rings. The maximum Gasteiger partial charge on any atom is 0.172 e. The smallest absolute Gasteiger partial charge is 0.172 e. The van der Waals surface area contributed by atoms with Crippen molar-refractivity contribution in [3.63, 3.8) is 0 Å². The summed E-state index contributed by atoms with van der Waals surface area (Å²) < 4.78 is 1.66. The number of hydrogen-bond acceptors (Lipinski definition) is 3. The number of hydrogen-bond donors (Lipinski definition) is 1. The van der Waals surface area contributed by atoms with Crippen LogP contribution in [0.15, 0.2) is 6.20 Å². The van der Waals surface area contributed by atoms with Crippen LogP contribution in [0.5, 0.6) is 5.75 Å². The van der Waals surface area contributed by atoms with Crippen molar-refractivity contribution < 1.29 is 5.11 Å². The van der Waals surface area contributed by atoms with E-state index >= 15 is 0 Å². The van der Waals surface area contributed by atoms with E-state index in [0.29, 0.717) is 11.2 Å². The van der Waals surface area contributed by atoms with Crippen LogP contribution in [0.2, 0.25) is 5.15 Å². The third kappa shape index (κ3) is 1.72. The fourth-order valence-corrected chi connectivity index (χ4v) is 2.06. The van der Waals surface area contributed by atoms with Gasteiger partial charge in [-0.25, -0.2) is 4.68 Å². The lowest BCUT2D eigenvalue weighted by molar-refractivity contribution is 0.274. The normalized spacial score (nSPS) is 23.1. The van der Waals surface area contributed by atoms with Gasteiger partial charge in [-0.2, -0.15) is 5.10 Å². The van der Waals surface area contributed by atoms with E-state index in [1.807, 2.05) is 0 Å². The zero-order chi connectivity index (χ0) is 10.1. The molecule has 14 heavy (non-hydrogen) atoms. The van der Waals surface area contributed by atoms with Gasteiger partial charge in [0.25, 0.3) is 0 Å². The second kappa shape index (κ2) is 3.79. The number of halogens is 1. The second-order valence-electron chi connectivity index (χ2n) is 3.78. The third-order valence-electron chi connectivity index (χ3n) is 2.81. The number of aromatic hydroxyl groups is 1. The van der Waals surface area contributed by atoms with E-state index in [-0.39, 0.29) is 5.75 Å². The molecular weight excluding hydrogens is 202 g/mol. The van der Waals surface area contributed by atoms with Gasteiger partial charge in [-0.05, 0) is 26.4 Å². The summed E-state index contributed by atoms with van der Waals surface area (Å²) in [4.78, 5) is 2.30. The van der Waals surface area contributed by atoms with Gasteiger partial charge in [0.15, 0.2) is 10.9 Å². The summed E-state index contributed by atoms with van der Waals surface area (Å²) in [6.07, 6.45) is 3.79. The van der Waals surface area contributed by atoms with E-state index in [1.165, 1.54) is 19.0 Å². The van der Waals surface area contributed by atoms with Crippen molar-refractivity contribution in [1.29, 1.82) is 0 Å². The van der Waals surface area contributed by atoms with Crippen LogP contribution in [0.3, 0.4) is 0 Å². The van der Waals surface area contributed by atoms with Crippen molar-refractivity contribution in [2.75, 3.05) is 13.6 Å². The fourth-order valence-electron chi connectivity index (χ4n) is 1.90. The highest BCUT2D eigenvalue weighted by molar-refractivity contribution is 6.30. The summed E-state index contributed by atoms with van der Waals surface area (Å²) in [6, 6.07) is 0.492. The van der Waals surface area contributed by atoms with Crippen LogP contribution < -0.4 is 0 Å². The lowest BCUT2D eigenvalue weighted by Crippen LogP contribution is -2.29. The van der Waals surface area contributed by atoms with Gasteiger partial charge in [-0.3, -0.25) is 0 Å². The van der Waals surface area contributed by atoms with E-state index in [2.05, 4.69) is 17.0 Å². The lowest BCUT2D eigenvalue weighted by atomic mass is 10.2. The molecular formula is C9H14ClN3O. The third-order valence-corrected chi connectivity index (χ3v) is 3.20. The topological polar surface area (TPSA) is 41.3 Å². The summed E-state index contributed by atoms with van der Waals surface area (Å²) in [5.41, 5.74) is 0. The Balaban J connectivity index is 2.07. The predicted octanol–water partition coefficient (Wildman–Crippen LogP) is 1.34. The summed E-state index contributed by atoms with van der Waals surface area (Å²) in [7, 11) is 2.11. The van der Waals surface area contributed by atoms with Crippen molar-refractivity contribution in [3.05, 3.63) is 11.3 Å². The molecule has 78 valence electrons. The van der Waals surface area contributed by atoms with Crippen LogP contribution in [0.1, 0.15) is 12.8 Å². The van der Waals surface area contributed by atoms with Crippen LogP contribution >= 0.6 is 11.6 Å². The van der Waals surface area contributed by atoms with Crippen molar-refractivity contribution in [2.45, 2.75) is 25.4 Å². The summed E-state index contributed by atoms with van der Waals surface area (Å²) in [5.74, 6) is 0.0623. The Bertz CT molecular complexity index is 326. The quantitative estimate of drug-likeness (QED) is 0.810. The highest BCUT2D eigenvalue weighted by atomic mass is 35.5. The molecule has 4 nitrogen and oxygen atoms in total. The number of aromatic nitrogens is 2. The summed E-state index contributed by atoms with van der Waals surface area (Å²) in [6.45, 7) is 1.89. The van der Waals surface area contributed by atoms with Gasteiger partial charge in [-0.1, -0.05) is 11.6 Å². The van der Waals surface area contributed by atoms with Gasteiger partial charge < -0.3 is 10.0 Å². The van der Waals surface area contributed by atoms with E-state index in [4.69, 9.17) is 11.6 Å². The highest BCUT2D eigenvalue weighted by Crippen LogP contribution is 2.24. The molecule has 0 radical (unpaired) electrons. The molecule has 0 aromatic carbocycles. The monoisotopic (exact) mass is 215 g/mol. The first-order valence-corrected chi connectivity index (χ1v) is 5.17. The van der Waals surface area contributed by atoms with Gasteiger partial charge in [0.05, 0.1) is 12.7 Å². The van der Waals surface area contributed by atoms with Crippen LogP contribution in [-0.4, -0.2) is 39.4 Å². The van der Waals surface area contributed by atoms with Gasteiger partial charge in [0.2, 0.25) is 0 Å². The zero-order valence-corrected chi connectivity index (χ0v) is 8.91. The molecule has 5 heteroatoms. The molecule has 0 amide bonds. The molecule has 1 fully saturated rings. The van der Waals surface area contributed by atoms with Crippen molar-refractivity contribution >= 4 is 11.6 Å². The van der Waals surface area contributed by atoms with Crippen molar-refractivity contribution in [2.24, 2.45) is 0 Å².